The van der Waals surface area contributed by atoms with Gasteiger partial charge in [-0.25, -0.2) is 0 Å². The van der Waals surface area contributed by atoms with Crippen LogP contribution in [0.4, 0.5) is 5.69 Å². The number of ether oxygens (including phenoxy) is 1. The van der Waals surface area contributed by atoms with Crippen molar-refractivity contribution in [1.82, 2.24) is 4.98 Å². The number of para-hydroxylation sites is 1. The lowest BCUT2D eigenvalue weighted by atomic mass is 10.1. The summed E-state index contributed by atoms with van der Waals surface area (Å²) in [5, 5.41) is 3.80. The number of hydrogen-bond donors (Lipinski definition) is 1. The summed E-state index contributed by atoms with van der Waals surface area (Å²) in [6, 6.07) is 16.9. The van der Waals surface area contributed by atoms with Gasteiger partial charge in [-0.3, -0.25) is 9.78 Å². The quantitative estimate of drug-likeness (QED) is 0.706. The van der Waals surface area contributed by atoms with Gasteiger partial charge in [0.15, 0.2) is 6.61 Å². The fourth-order valence-corrected chi connectivity index (χ4v) is 2.61. The maximum Gasteiger partial charge on any atom is 0.262 e. The Morgan fingerprint density at radius 1 is 1.04 bits per heavy atom. The minimum Gasteiger partial charge on any atom is -0.484 e. The van der Waals surface area contributed by atoms with E-state index in [0.717, 1.165) is 16.5 Å². The van der Waals surface area contributed by atoms with Crippen LogP contribution in [0.5, 0.6) is 5.75 Å². The lowest BCUT2D eigenvalue weighted by Gasteiger charge is -2.09. The van der Waals surface area contributed by atoms with Crippen molar-refractivity contribution in [2.24, 2.45) is 0 Å². The Balaban J connectivity index is 1.56. The van der Waals surface area contributed by atoms with Gasteiger partial charge in [-0.15, -0.1) is 0 Å². The molecule has 1 N–H and O–H groups in total. The van der Waals surface area contributed by atoms with E-state index in [1.807, 2.05) is 54.6 Å². The van der Waals surface area contributed by atoms with Crippen LogP contribution in [0.3, 0.4) is 0 Å². The molecule has 132 valence electrons. The Bertz CT molecular complexity index is 915. The van der Waals surface area contributed by atoms with Crippen LogP contribution in [0.15, 0.2) is 60.8 Å². The largest absolute Gasteiger partial charge is 0.484 e. The second kappa shape index (κ2) is 8.25. The molecule has 0 aliphatic rings. The van der Waals surface area contributed by atoms with Crippen molar-refractivity contribution in [3.8, 4) is 5.75 Å². The van der Waals surface area contributed by atoms with Crippen LogP contribution in [0.1, 0.15) is 18.9 Å². The van der Waals surface area contributed by atoms with E-state index < -0.39 is 0 Å². The molecular formula is C21H20N2O3. The van der Waals surface area contributed by atoms with Crippen LogP contribution >= 0.6 is 0 Å². The van der Waals surface area contributed by atoms with E-state index in [2.05, 4.69) is 10.3 Å². The number of aryl methyl sites for hydroxylation is 1. The average Bonchev–Trinajstić information content (AvgIpc) is 2.66. The van der Waals surface area contributed by atoms with Crippen LogP contribution in [0.2, 0.25) is 0 Å². The summed E-state index contributed by atoms with van der Waals surface area (Å²) in [6.45, 7) is 1.50. The highest BCUT2D eigenvalue weighted by atomic mass is 16.5. The number of Topliss-reactive ketones (excluding diaryl/α,β-unsaturated/α-hetero) is 1. The van der Waals surface area contributed by atoms with E-state index in [4.69, 9.17) is 4.74 Å². The first kappa shape index (κ1) is 17.6. The van der Waals surface area contributed by atoms with Crippen molar-refractivity contribution in [2.45, 2.75) is 19.8 Å². The van der Waals surface area contributed by atoms with Crippen LogP contribution in [-0.2, 0) is 16.0 Å². The van der Waals surface area contributed by atoms with Crippen molar-refractivity contribution >= 4 is 28.3 Å². The standard InChI is InChI=1S/C21H20N2O3/c1-15(24)7-8-16-9-11-18(12-10-16)26-14-20(25)23-19-6-2-4-17-5-3-13-22-21(17)19/h2-6,9-13H,7-8,14H2,1H3,(H,23,25). The number of rotatable bonds is 7. The molecule has 1 aromatic heterocycles. The van der Waals surface area contributed by atoms with Gasteiger partial charge in [0, 0.05) is 18.0 Å². The number of nitrogens with zero attached hydrogens (tertiary/aromatic N) is 1. The van der Waals surface area contributed by atoms with Gasteiger partial charge in [-0.05, 0) is 43.2 Å². The molecule has 3 aromatic rings. The summed E-state index contributed by atoms with van der Waals surface area (Å²) in [5.74, 6) is 0.538. The van der Waals surface area contributed by atoms with Gasteiger partial charge in [0.1, 0.15) is 11.5 Å². The number of ketones is 1. The minimum atomic E-state index is -0.246. The second-order valence-corrected chi connectivity index (χ2v) is 6.06. The first-order valence-corrected chi connectivity index (χ1v) is 8.46. The van der Waals surface area contributed by atoms with Crippen LogP contribution in [0, 0.1) is 0 Å². The molecule has 5 heteroatoms. The van der Waals surface area contributed by atoms with E-state index in [1.54, 1.807) is 13.1 Å². The number of anilines is 1. The molecule has 1 amide bonds. The second-order valence-electron chi connectivity index (χ2n) is 6.06. The smallest absolute Gasteiger partial charge is 0.262 e. The molecule has 0 aliphatic carbocycles. The summed E-state index contributed by atoms with van der Waals surface area (Å²) in [5.41, 5.74) is 2.48. The molecule has 3 rings (SSSR count). The van der Waals surface area contributed by atoms with Gasteiger partial charge < -0.3 is 14.8 Å². The minimum absolute atomic E-state index is 0.0873. The molecule has 0 spiro atoms. The zero-order valence-corrected chi connectivity index (χ0v) is 14.6. The molecule has 0 aliphatic heterocycles. The van der Waals surface area contributed by atoms with Crippen LogP contribution < -0.4 is 10.1 Å². The molecule has 0 radical (unpaired) electrons. The first-order valence-electron chi connectivity index (χ1n) is 8.46. The number of hydrogen-bond acceptors (Lipinski definition) is 4. The number of fused-ring (bicyclic) bond motifs is 1. The fourth-order valence-electron chi connectivity index (χ4n) is 2.61. The van der Waals surface area contributed by atoms with Crippen molar-refractivity contribution in [2.75, 3.05) is 11.9 Å². The molecule has 0 saturated carbocycles. The molecule has 0 fully saturated rings. The van der Waals surface area contributed by atoms with Crippen molar-refractivity contribution in [1.29, 1.82) is 0 Å². The lowest BCUT2D eigenvalue weighted by molar-refractivity contribution is -0.118. The summed E-state index contributed by atoms with van der Waals surface area (Å²) in [6.07, 6.45) is 2.94. The summed E-state index contributed by atoms with van der Waals surface area (Å²) in [4.78, 5) is 27.5. The third-order valence-corrected chi connectivity index (χ3v) is 3.97. The molecular weight excluding hydrogens is 328 g/mol. The maximum atomic E-state index is 12.2. The van der Waals surface area contributed by atoms with E-state index in [0.29, 0.717) is 24.3 Å². The molecule has 0 atom stereocenters. The monoisotopic (exact) mass is 348 g/mol. The molecule has 0 unspecified atom stereocenters. The molecule has 26 heavy (non-hydrogen) atoms. The van der Waals surface area contributed by atoms with Crippen LogP contribution in [0.25, 0.3) is 10.9 Å². The Kier molecular flexibility index (Phi) is 5.59. The lowest BCUT2D eigenvalue weighted by Crippen LogP contribution is -2.20. The van der Waals surface area contributed by atoms with Gasteiger partial charge in [0.05, 0.1) is 11.2 Å². The average molecular weight is 348 g/mol. The number of aromatic nitrogens is 1. The van der Waals surface area contributed by atoms with Gasteiger partial charge in [-0.1, -0.05) is 30.3 Å². The Morgan fingerprint density at radius 2 is 1.81 bits per heavy atom. The van der Waals surface area contributed by atoms with Gasteiger partial charge in [-0.2, -0.15) is 0 Å². The van der Waals surface area contributed by atoms with Gasteiger partial charge in [0.25, 0.3) is 5.91 Å². The predicted octanol–water partition coefficient (Wildman–Crippen LogP) is 3.77. The normalized spacial score (nSPS) is 10.5. The zero-order valence-electron chi connectivity index (χ0n) is 14.6. The maximum absolute atomic E-state index is 12.2. The van der Waals surface area contributed by atoms with Gasteiger partial charge >= 0.3 is 0 Å². The fraction of sp³-hybridized carbons (Fsp3) is 0.190. The highest BCUT2D eigenvalue weighted by molar-refractivity contribution is 6.00. The molecule has 0 saturated heterocycles. The number of nitrogens with one attached hydrogen (secondary N) is 1. The molecule has 1 heterocycles. The molecule has 5 nitrogen and oxygen atoms in total. The SMILES string of the molecule is CC(=O)CCc1ccc(OCC(=O)Nc2cccc3cccnc23)cc1. The first-order chi connectivity index (χ1) is 12.6. The Morgan fingerprint density at radius 3 is 2.58 bits per heavy atom. The third-order valence-electron chi connectivity index (χ3n) is 3.97. The number of benzene rings is 2. The molecule has 0 bridgehead atoms. The highest BCUT2D eigenvalue weighted by Gasteiger charge is 2.07. The van der Waals surface area contributed by atoms with E-state index in [-0.39, 0.29) is 18.3 Å². The predicted molar refractivity (Wildman–Crippen MR) is 101 cm³/mol. The summed E-state index contributed by atoms with van der Waals surface area (Å²) < 4.78 is 5.53. The van der Waals surface area contributed by atoms with Crippen molar-refractivity contribution in [3.05, 3.63) is 66.4 Å². The van der Waals surface area contributed by atoms with Crippen LogP contribution in [-0.4, -0.2) is 23.3 Å². The third kappa shape index (κ3) is 4.66. The number of amides is 1. The Hall–Kier alpha value is -3.21. The highest BCUT2D eigenvalue weighted by Crippen LogP contribution is 2.20. The Labute approximate surface area is 152 Å². The van der Waals surface area contributed by atoms with Gasteiger partial charge in [0.2, 0.25) is 0 Å². The summed E-state index contributed by atoms with van der Waals surface area (Å²) >= 11 is 0. The summed E-state index contributed by atoms with van der Waals surface area (Å²) in [7, 11) is 0. The van der Waals surface area contributed by atoms with Crippen molar-refractivity contribution in [3.63, 3.8) is 0 Å². The number of carbonyl (C=O) groups excluding carboxylic acids is 2. The van der Waals surface area contributed by atoms with E-state index >= 15 is 0 Å². The van der Waals surface area contributed by atoms with E-state index in [9.17, 15) is 9.59 Å². The number of carbonyl (C=O) groups is 2. The number of pyridine rings is 1. The van der Waals surface area contributed by atoms with Crippen molar-refractivity contribution < 1.29 is 14.3 Å². The topological polar surface area (TPSA) is 68.3 Å². The molecule has 2 aromatic carbocycles. The van der Waals surface area contributed by atoms with E-state index in [1.165, 1.54) is 0 Å². The zero-order chi connectivity index (χ0) is 18.4.